The van der Waals surface area contributed by atoms with Crippen molar-refractivity contribution in [2.45, 2.75) is 53.1 Å². The number of aliphatic imine (C=N–C) groups is 1. The van der Waals surface area contributed by atoms with Crippen LogP contribution in [0.1, 0.15) is 40.3 Å². The van der Waals surface area contributed by atoms with Gasteiger partial charge in [-0.15, -0.1) is 24.0 Å². The van der Waals surface area contributed by atoms with Crippen molar-refractivity contribution in [1.82, 2.24) is 25.4 Å². The van der Waals surface area contributed by atoms with Crippen molar-refractivity contribution >= 4 is 35.8 Å². The third-order valence-electron chi connectivity index (χ3n) is 4.56. The van der Waals surface area contributed by atoms with E-state index in [-0.39, 0.29) is 36.4 Å². The molecule has 0 aliphatic heterocycles. The molecule has 7 nitrogen and oxygen atoms in total. The van der Waals surface area contributed by atoms with Crippen LogP contribution in [0.3, 0.4) is 0 Å². The maximum absolute atomic E-state index is 12.4. The molecule has 0 unspecified atom stereocenters. The van der Waals surface area contributed by atoms with E-state index >= 15 is 0 Å². The number of halogens is 1. The Morgan fingerprint density at radius 1 is 1.14 bits per heavy atom. The molecular formula is C21H39IN6O. The van der Waals surface area contributed by atoms with Crippen LogP contribution >= 0.6 is 24.0 Å². The van der Waals surface area contributed by atoms with Crippen molar-refractivity contribution in [1.29, 1.82) is 0 Å². The summed E-state index contributed by atoms with van der Waals surface area (Å²) in [4.78, 5) is 25.2. The smallest absolute Gasteiger partial charge is 0.244 e. The van der Waals surface area contributed by atoms with E-state index < -0.39 is 0 Å². The molecule has 0 bridgehead atoms. The monoisotopic (exact) mass is 518 g/mol. The van der Waals surface area contributed by atoms with Crippen LogP contribution in [0.15, 0.2) is 29.4 Å². The van der Waals surface area contributed by atoms with Gasteiger partial charge in [0.2, 0.25) is 5.91 Å². The lowest BCUT2D eigenvalue weighted by molar-refractivity contribution is -0.128. The highest BCUT2D eigenvalue weighted by Crippen LogP contribution is 2.03. The number of amides is 1. The van der Waals surface area contributed by atoms with Crippen molar-refractivity contribution in [3.8, 4) is 0 Å². The molecular weight excluding hydrogens is 479 g/mol. The van der Waals surface area contributed by atoms with E-state index in [1.54, 1.807) is 11.1 Å². The van der Waals surface area contributed by atoms with Crippen LogP contribution < -0.4 is 10.6 Å². The lowest BCUT2D eigenvalue weighted by Crippen LogP contribution is -2.45. The standard InChI is InChI=1S/C21H38N6O.HI/c1-7-22-21(24-13-15-27(17(2)3)18(4)5)25-16-20(28)26(6)14-11-19-10-8-9-12-23-19;/h8-10,12,17-18H,7,11,13-16H2,1-6H3,(H2,22,24,25);1H. The summed E-state index contributed by atoms with van der Waals surface area (Å²) in [6.45, 7) is 14.1. The zero-order valence-corrected chi connectivity index (χ0v) is 21.1. The van der Waals surface area contributed by atoms with Gasteiger partial charge in [0.15, 0.2) is 5.96 Å². The second kappa shape index (κ2) is 15.4. The molecule has 0 saturated heterocycles. The number of aromatic nitrogens is 1. The van der Waals surface area contributed by atoms with Crippen molar-refractivity contribution in [3.05, 3.63) is 30.1 Å². The summed E-state index contributed by atoms with van der Waals surface area (Å²) in [5, 5.41) is 6.54. The lowest BCUT2D eigenvalue weighted by Gasteiger charge is -2.30. The molecule has 8 heteroatoms. The molecule has 0 aliphatic rings. The maximum Gasteiger partial charge on any atom is 0.244 e. The topological polar surface area (TPSA) is 72.9 Å². The molecule has 0 aliphatic carbocycles. The van der Waals surface area contributed by atoms with Gasteiger partial charge in [0.1, 0.15) is 6.54 Å². The first-order valence-corrected chi connectivity index (χ1v) is 10.3. The highest BCUT2D eigenvalue weighted by Gasteiger charge is 2.13. The van der Waals surface area contributed by atoms with E-state index in [1.807, 2.05) is 32.2 Å². The Morgan fingerprint density at radius 3 is 2.38 bits per heavy atom. The molecule has 0 atom stereocenters. The van der Waals surface area contributed by atoms with E-state index in [1.165, 1.54) is 0 Å². The van der Waals surface area contributed by atoms with E-state index in [2.05, 4.69) is 53.2 Å². The molecule has 1 aromatic heterocycles. The van der Waals surface area contributed by atoms with Crippen molar-refractivity contribution < 1.29 is 4.79 Å². The highest BCUT2D eigenvalue weighted by molar-refractivity contribution is 14.0. The molecule has 166 valence electrons. The van der Waals surface area contributed by atoms with Gasteiger partial charge in [0.25, 0.3) is 0 Å². The van der Waals surface area contributed by atoms with Gasteiger partial charge >= 0.3 is 0 Å². The van der Waals surface area contributed by atoms with Gasteiger partial charge in [-0.05, 0) is 46.8 Å². The number of carbonyl (C=O) groups excluding carboxylic acids is 1. The van der Waals surface area contributed by atoms with E-state index in [0.29, 0.717) is 24.6 Å². The van der Waals surface area contributed by atoms with E-state index in [9.17, 15) is 4.79 Å². The van der Waals surface area contributed by atoms with Crippen LogP contribution in [0.4, 0.5) is 0 Å². The number of pyridine rings is 1. The lowest BCUT2D eigenvalue weighted by atomic mass is 10.2. The van der Waals surface area contributed by atoms with Gasteiger partial charge in [0, 0.05) is 63.6 Å². The Kier molecular flexibility index (Phi) is 14.7. The van der Waals surface area contributed by atoms with Gasteiger partial charge in [-0.2, -0.15) is 0 Å². The summed E-state index contributed by atoms with van der Waals surface area (Å²) in [6.07, 6.45) is 2.51. The average molecular weight is 518 g/mol. The first-order chi connectivity index (χ1) is 13.3. The quantitative estimate of drug-likeness (QED) is 0.268. The first-order valence-electron chi connectivity index (χ1n) is 10.3. The molecule has 0 fully saturated rings. The van der Waals surface area contributed by atoms with Crippen molar-refractivity contribution in [2.75, 3.05) is 39.8 Å². The minimum atomic E-state index is -0.000813. The second-order valence-corrected chi connectivity index (χ2v) is 7.43. The fraction of sp³-hybridized carbons (Fsp3) is 0.667. The molecule has 2 N–H and O–H groups in total. The highest BCUT2D eigenvalue weighted by atomic mass is 127. The maximum atomic E-state index is 12.4. The second-order valence-electron chi connectivity index (χ2n) is 7.43. The van der Waals surface area contributed by atoms with Crippen LogP contribution in [-0.2, 0) is 11.2 Å². The molecule has 0 spiro atoms. The normalized spacial score (nSPS) is 11.6. The molecule has 0 saturated carbocycles. The van der Waals surface area contributed by atoms with Crippen LogP contribution in [-0.4, -0.2) is 78.5 Å². The Bertz CT molecular complexity index is 586. The summed E-state index contributed by atoms with van der Waals surface area (Å²) in [5.41, 5.74) is 0.987. The van der Waals surface area contributed by atoms with Gasteiger partial charge in [-0.3, -0.25) is 14.7 Å². The largest absolute Gasteiger partial charge is 0.357 e. The molecule has 0 radical (unpaired) electrons. The molecule has 1 rings (SSSR count). The summed E-state index contributed by atoms with van der Waals surface area (Å²) in [5.74, 6) is 0.681. The van der Waals surface area contributed by atoms with Crippen LogP contribution in [0.2, 0.25) is 0 Å². The summed E-state index contributed by atoms with van der Waals surface area (Å²) in [6, 6.07) is 6.82. The van der Waals surface area contributed by atoms with Crippen LogP contribution in [0.25, 0.3) is 0 Å². The molecule has 29 heavy (non-hydrogen) atoms. The van der Waals surface area contributed by atoms with Gasteiger partial charge in [0.05, 0.1) is 0 Å². The average Bonchev–Trinajstić information content (AvgIpc) is 2.67. The van der Waals surface area contributed by atoms with Crippen LogP contribution in [0, 0.1) is 0 Å². The predicted molar refractivity (Wildman–Crippen MR) is 132 cm³/mol. The van der Waals surface area contributed by atoms with Crippen molar-refractivity contribution in [3.63, 3.8) is 0 Å². The number of nitrogens with zero attached hydrogens (tertiary/aromatic N) is 4. The summed E-state index contributed by atoms with van der Waals surface area (Å²) < 4.78 is 0. The Labute approximate surface area is 193 Å². The Balaban J connectivity index is 0.00000784. The summed E-state index contributed by atoms with van der Waals surface area (Å²) >= 11 is 0. The minimum Gasteiger partial charge on any atom is -0.357 e. The van der Waals surface area contributed by atoms with E-state index in [4.69, 9.17) is 0 Å². The Hall–Kier alpha value is -1.42. The fourth-order valence-corrected chi connectivity index (χ4v) is 2.98. The van der Waals surface area contributed by atoms with Crippen molar-refractivity contribution in [2.24, 2.45) is 4.99 Å². The SMILES string of the molecule is CCNC(=NCC(=O)N(C)CCc1ccccn1)NCCN(C(C)C)C(C)C.I. The van der Waals surface area contributed by atoms with Gasteiger partial charge in [-0.1, -0.05) is 6.07 Å². The minimum absolute atomic E-state index is 0. The first kappa shape index (κ1) is 27.6. The molecule has 1 amide bonds. The van der Waals surface area contributed by atoms with Gasteiger partial charge in [-0.25, -0.2) is 4.99 Å². The number of guanidine groups is 1. The van der Waals surface area contributed by atoms with Crippen LogP contribution in [0.5, 0.6) is 0 Å². The number of likely N-dealkylation sites (N-methyl/N-ethyl adjacent to an activating group) is 1. The number of nitrogens with one attached hydrogen (secondary N) is 2. The number of carbonyl (C=O) groups is 1. The molecule has 1 heterocycles. The predicted octanol–water partition coefficient (Wildman–Crippen LogP) is 2.37. The number of hydrogen-bond donors (Lipinski definition) is 2. The molecule has 0 aromatic carbocycles. The fourth-order valence-electron chi connectivity index (χ4n) is 2.98. The summed E-state index contributed by atoms with van der Waals surface area (Å²) in [7, 11) is 1.81. The Morgan fingerprint density at radius 2 is 1.83 bits per heavy atom. The zero-order valence-electron chi connectivity index (χ0n) is 18.8. The number of rotatable bonds is 11. The third kappa shape index (κ3) is 11.4. The zero-order chi connectivity index (χ0) is 20.9. The third-order valence-corrected chi connectivity index (χ3v) is 4.56. The number of hydrogen-bond acceptors (Lipinski definition) is 4. The molecule has 1 aromatic rings. The van der Waals surface area contributed by atoms with Gasteiger partial charge < -0.3 is 15.5 Å². The van der Waals surface area contributed by atoms with E-state index in [0.717, 1.165) is 31.7 Å².